The number of aryl methyl sites for hydroxylation is 2. The molecule has 3 heterocycles. The smallest absolute Gasteiger partial charge is 0.258 e. The van der Waals surface area contributed by atoms with Crippen molar-refractivity contribution in [1.82, 2.24) is 19.7 Å². The molecule has 9 heteroatoms. The lowest BCUT2D eigenvalue weighted by Gasteiger charge is -2.12. The van der Waals surface area contributed by atoms with E-state index in [-0.39, 0.29) is 11.5 Å². The van der Waals surface area contributed by atoms with E-state index in [0.717, 1.165) is 5.56 Å². The van der Waals surface area contributed by atoms with Crippen LogP contribution in [0.15, 0.2) is 42.7 Å². The minimum absolute atomic E-state index is 0.277. The van der Waals surface area contributed by atoms with Crippen LogP contribution in [0, 0.1) is 13.8 Å². The fourth-order valence-corrected chi connectivity index (χ4v) is 3.84. The fourth-order valence-electron chi connectivity index (χ4n) is 3.48. The van der Waals surface area contributed by atoms with Gasteiger partial charge < -0.3 is 14.8 Å². The number of methoxy groups -OCH3 is 2. The number of hydrogen-bond donors (Lipinski definition) is 1. The van der Waals surface area contributed by atoms with E-state index in [9.17, 15) is 4.79 Å². The Kier molecular flexibility index (Phi) is 5.96. The molecule has 1 aromatic carbocycles. The van der Waals surface area contributed by atoms with Crippen molar-refractivity contribution in [3.63, 3.8) is 0 Å². The Morgan fingerprint density at radius 1 is 1.09 bits per heavy atom. The van der Waals surface area contributed by atoms with Crippen LogP contribution < -0.4 is 14.8 Å². The van der Waals surface area contributed by atoms with Crippen molar-refractivity contribution in [1.29, 1.82) is 0 Å². The van der Waals surface area contributed by atoms with E-state index in [1.807, 2.05) is 38.1 Å². The van der Waals surface area contributed by atoms with Crippen LogP contribution in [0.25, 0.3) is 11.0 Å². The Morgan fingerprint density at radius 2 is 1.84 bits per heavy atom. The first-order chi connectivity index (χ1) is 15.4. The number of carbonyl (C=O) groups is 1. The summed E-state index contributed by atoms with van der Waals surface area (Å²) in [6, 6.07) is 9.25. The molecule has 3 aromatic heterocycles. The molecule has 0 fully saturated rings. The highest BCUT2D eigenvalue weighted by atomic mass is 35.5. The third kappa shape index (κ3) is 3.97. The zero-order valence-electron chi connectivity index (χ0n) is 18.1. The molecular weight excluding hydrogens is 430 g/mol. The molecule has 0 radical (unpaired) electrons. The average Bonchev–Trinajstić information content (AvgIpc) is 3.11. The summed E-state index contributed by atoms with van der Waals surface area (Å²) < 4.78 is 12.5. The lowest BCUT2D eigenvalue weighted by Crippen LogP contribution is -2.13. The first-order valence-electron chi connectivity index (χ1n) is 9.88. The van der Waals surface area contributed by atoms with Gasteiger partial charge in [-0.2, -0.15) is 5.10 Å². The summed E-state index contributed by atoms with van der Waals surface area (Å²) >= 11 is 6.64. The number of aromatic nitrogens is 4. The maximum atomic E-state index is 12.8. The monoisotopic (exact) mass is 451 g/mol. The quantitative estimate of drug-likeness (QED) is 0.466. The van der Waals surface area contributed by atoms with E-state index < -0.39 is 0 Å². The van der Waals surface area contributed by atoms with Gasteiger partial charge in [-0.05, 0) is 26.0 Å². The maximum absolute atomic E-state index is 12.8. The zero-order chi connectivity index (χ0) is 22.8. The van der Waals surface area contributed by atoms with Crippen LogP contribution in [-0.4, -0.2) is 39.9 Å². The van der Waals surface area contributed by atoms with Crippen molar-refractivity contribution >= 4 is 34.2 Å². The third-order valence-electron chi connectivity index (χ3n) is 5.09. The van der Waals surface area contributed by atoms with Gasteiger partial charge in [0, 0.05) is 24.1 Å². The summed E-state index contributed by atoms with van der Waals surface area (Å²) in [6.07, 6.45) is 3.10. The van der Waals surface area contributed by atoms with E-state index in [1.165, 1.54) is 6.20 Å². The number of halogens is 1. The zero-order valence-corrected chi connectivity index (χ0v) is 18.9. The van der Waals surface area contributed by atoms with Crippen LogP contribution in [0.3, 0.4) is 0 Å². The Morgan fingerprint density at radius 3 is 2.53 bits per heavy atom. The summed E-state index contributed by atoms with van der Waals surface area (Å²) in [5.41, 5.74) is 3.90. The number of ether oxygens (including phenoxy) is 2. The number of fused-ring (bicyclic) bond motifs is 1. The molecule has 0 aliphatic heterocycles. The molecule has 4 aromatic rings. The Hall–Kier alpha value is -3.65. The first-order valence-corrected chi connectivity index (χ1v) is 10.3. The molecule has 8 nitrogen and oxygen atoms in total. The Labute approximate surface area is 190 Å². The minimum Gasteiger partial charge on any atom is -0.493 e. The van der Waals surface area contributed by atoms with Gasteiger partial charge in [0.2, 0.25) is 0 Å². The summed E-state index contributed by atoms with van der Waals surface area (Å²) in [7, 11) is 3.13. The number of benzene rings is 1. The largest absolute Gasteiger partial charge is 0.493 e. The van der Waals surface area contributed by atoms with Crippen LogP contribution in [0.4, 0.5) is 5.69 Å². The van der Waals surface area contributed by atoms with Crippen molar-refractivity contribution in [2.24, 2.45) is 0 Å². The van der Waals surface area contributed by atoms with Crippen LogP contribution in [0.2, 0.25) is 5.02 Å². The molecule has 0 aliphatic rings. The molecule has 0 bridgehead atoms. The second kappa shape index (κ2) is 8.84. The number of amides is 1. The number of anilines is 1. The van der Waals surface area contributed by atoms with Crippen LogP contribution >= 0.6 is 11.6 Å². The van der Waals surface area contributed by atoms with E-state index in [1.54, 1.807) is 31.2 Å². The van der Waals surface area contributed by atoms with Crippen molar-refractivity contribution in [2.45, 2.75) is 20.4 Å². The van der Waals surface area contributed by atoms with Gasteiger partial charge in [0.1, 0.15) is 5.69 Å². The highest BCUT2D eigenvalue weighted by Gasteiger charge is 2.21. The summed E-state index contributed by atoms with van der Waals surface area (Å²) in [4.78, 5) is 21.7. The van der Waals surface area contributed by atoms with Crippen molar-refractivity contribution in [3.05, 3.63) is 70.3 Å². The molecule has 0 unspecified atom stereocenters. The topological polar surface area (TPSA) is 91.2 Å². The number of rotatable bonds is 6. The van der Waals surface area contributed by atoms with Gasteiger partial charge in [0.15, 0.2) is 17.1 Å². The predicted molar refractivity (Wildman–Crippen MR) is 123 cm³/mol. The van der Waals surface area contributed by atoms with Gasteiger partial charge in [0.25, 0.3) is 5.91 Å². The lowest BCUT2D eigenvalue weighted by atomic mass is 10.1. The van der Waals surface area contributed by atoms with Gasteiger partial charge in [-0.3, -0.25) is 9.78 Å². The van der Waals surface area contributed by atoms with Crippen molar-refractivity contribution < 1.29 is 14.3 Å². The van der Waals surface area contributed by atoms with E-state index >= 15 is 0 Å². The van der Waals surface area contributed by atoms with E-state index in [0.29, 0.717) is 51.2 Å². The normalized spacial score (nSPS) is 10.9. The molecule has 0 aliphatic carbocycles. The van der Waals surface area contributed by atoms with E-state index in [2.05, 4.69) is 20.4 Å². The van der Waals surface area contributed by atoms with Crippen LogP contribution in [-0.2, 0) is 6.54 Å². The highest BCUT2D eigenvalue weighted by Crippen LogP contribution is 2.32. The van der Waals surface area contributed by atoms with Crippen molar-refractivity contribution in [3.8, 4) is 11.5 Å². The van der Waals surface area contributed by atoms with Gasteiger partial charge in [-0.25, -0.2) is 9.67 Å². The molecule has 0 saturated carbocycles. The molecule has 1 amide bonds. The van der Waals surface area contributed by atoms with Gasteiger partial charge in [-0.15, -0.1) is 0 Å². The lowest BCUT2D eigenvalue weighted by molar-refractivity contribution is 0.102. The molecule has 32 heavy (non-hydrogen) atoms. The minimum atomic E-state index is -0.337. The van der Waals surface area contributed by atoms with Crippen LogP contribution in [0.1, 0.15) is 27.3 Å². The molecule has 0 atom stereocenters. The maximum Gasteiger partial charge on any atom is 0.258 e. The van der Waals surface area contributed by atoms with E-state index in [4.69, 9.17) is 21.1 Å². The van der Waals surface area contributed by atoms with Crippen molar-refractivity contribution in [2.75, 3.05) is 19.5 Å². The Bertz CT molecular complexity index is 1300. The second-order valence-corrected chi connectivity index (χ2v) is 7.62. The molecule has 164 valence electrons. The average molecular weight is 452 g/mol. The number of pyridine rings is 2. The predicted octanol–water partition coefficient (Wildman–Crippen LogP) is 4.41. The third-order valence-corrected chi connectivity index (χ3v) is 5.48. The molecule has 0 spiro atoms. The first kappa shape index (κ1) is 21.6. The Balaban J connectivity index is 1.69. The summed E-state index contributed by atoms with van der Waals surface area (Å²) in [5, 5.41) is 8.34. The number of carbonyl (C=O) groups excluding carboxylic acids is 1. The van der Waals surface area contributed by atoms with Gasteiger partial charge >= 0.3 is 0 Å². The SMILES string of the molecule is COc1ccnc(Cn2nc(C)c3c(Cl)c(C(=O)Nc4ccc(C)cc4)cnc32)c1OC. The van der Waals surface area contributed by atoms with Gasteiger partial charge in [-0.1, -0.05) is 29.3 Å². The summed E-state index contributed by atoms with van der Waals surface area (Å²) in [6.45, 7) is 4.10. The van der Waals surface area contributed by atoms with Crippen LogP contribution in [0.5, 0.6) is 11.5 Å². The number of hydrogen-bond acceptors (Lipinski definition) is 6. The van der Waals surface area contributed by atoms with Gasteiger partial charge in [0.05, 0.1) is 42.4 Å². The fraction of sp³-hybridized carbons (Fsp3) is 0.217. The number of nitrogens with one attached hydrogen (secondary N) is 1. The molecule has 0 saturated heterocycles. The summed E-state index contributed by atoms with van der Waals surface area (Å²) in [5.74, 6) is 0.764. The standard InChI is InChI=1S/C23H22ClN5O3/c1-13-5-7-15(8-6-13)27-23(30)16-11-26-22-19(20(16)24)14(2)28-29(22)12-17-21(32-4)18(31-3)9-10-25-17/h5-11H,12H2,1-4H3,(H,27,30). The molecule has 4 rings (SSSR count). The highest BCUT2D eigenvalue weighted by molar-refractivity contribution is 6.39. The molecule has 1 N–H and O–H groups in total. The number of nitrogens with zero attached hydrogens (tertiary/aromatic N) is 4. The second-order valence-electron chi connectivity index (χ2n) is 7.24. The molecular formula is C23H22ClN5O3.